The predicted molar refractivity (Wildman–Crippen MR) is 74.4 cm³/mol. The SMILES string of the molecule is NC(=O)c1ccc(C=CC(=O)NCc2ccn[nH]2)cc1. The van der Waals surface area contributed by atoms with E-state index in [0.29, 0.717) is 12.1 Å². The molecule has 6 heteroatoms. The predicted octanol–water partition coefficient (Wildman–Crippen LogP) is 0.838. The van der Waals surface area contributed by atoms with Gasteiger partial charge in [-0.3, -0.25) is 14.7 Å². The normalized spacial score (nSPS) is 10.6. The number of amides is 2. The smallest absolute Gasteiger partial charge is 0.248 e. The van der Waals surface area contributed by atoms with E-state index in [9.17, 15) is 9.59 Å². The third-order valence-electron chi connectivity index (χ3n) is 2.63. The number of H-pyrrole nitrogens is 1. The molecule has 1 aromatic carbocycles. The van der Waals surface area contributed by atoms with E-state index in [1.807, 2.05) is 0 Å². The van der Waals surface area contributed by atoms with E-state index in [0.717, 1.165) is 11.3 Å². The Labute approximate surface area is 115 Å². The van der Waals surface area contributed by atoms with Crippen LogP contribution < -0.4 is 11.1 Å². The lowest BCUT2D eigenvalue weighted by Crippen LogP contribution is -2.20. The van der Waals surface area contributed by atoms with Crippen molar-refractivity contribution in [2.24, 2.45) is 5.73 Å². The summed E-state index contributed by atoms with van der Waals surface area (Å²) in [5, 5.41) is 9.25. The Morgan fingerprint density at radius 3 is 2.60 bits per heavy atom. The molecule has 6 nitrogen and oxygen atoms in total. The number of hydrogen-bond acceptors (Lipinski definition) is 3. The summed E-state index contributed by atoms with van der Waals surface area (Å²) in [6, 6.07) is 8.46. The molecule has 1 heterocycles. The monoisotopic (exact) mass is 270 g/mol. The van der Waals surface area contributed by atoms with Crippen molar-refractivity contribution >= 4 is 17.9 Å². The number of carbonyl (C=O) groups excluding carboxylic acids is 2. The van der Waals surface area contributed by atoms with Gasteiger partial charge in [0.15, 0.2) is 0 Å². The van der Waals surface area contributed by atoms with Gasteiger partial charge in [0.2, 0.25) is 11.8 Å². The lowest BCUT2D eigenvalue weighted by Gasteiger charge is -1.99. The summed E-state index contributed by atoms with van der Waals surface area (Å²) in [6.07, 6.45) is 4.71. The van der Waals surface area contributed by atoms with Crippen LogP contribution in [-0.4, -0.2) is 22.0 Å². The van der Waals surface area contributed by atoms with Gasteiger partial charge in [-0.1, -0.05) is 12.1 Å². The van der Waals surface area contributed by atoms with Crippen LogP contribution in [0.5, 0.6) is 0 Å². The van der Waals surface area contributed by atoms with Crippen LogP contribution in [0.25, 0.3) is 6.08 Å². The third kappa shape index (κ3) is 3.81. The number of carbonyl (C=O) groups is 2. The van der Waals surface area contributed by atoms with Crippen molar-refractivity contribution in [1.29, 1.82) is 0 Å². The summed E-state index contributed by atoms with van der Waals surface area (Å²) >= 11 is 0. The van der Waals surface area contributed by atoms with Crippen LogP contribution in [0.2, 0.25) is 0 Å². The van der Waals surface area contributed by atoms with Crippen molar-refractivity contribution in [1.82, 2.24) is 15.5 Å². The Balaban J connectivity index is 1.88. The van der Waals surface area contributed by atoms with E-state index >= 15 is 0 Å². The van der Waals surface area contributed by atoms with E-state index in [4.69, 9.17) is 5.73 Å². The van der Waals surface area contributed by atoms with Crippen LogP contribution in [0.1, 0.15) is 21.6 Å². The van der Waals surface area contributed by atoms with Crippen molar-refractivity contribution in [3.8, 4) is 0 Å². The molecule has 0 radical (unpaired) electrons. The zero-order valence-electron chi connectivity index (χ0n) is 10.7. The lowest BCUT2D eigenvalue weighted by molar-refractivity contribution is -0.116. The summed E-state index contributed by atoms with van der Waals surface area (Å²) in [5.41, 5.74) is 7.22. The minimum atomic E-state index is -0.474. The van der Waals surface area contributed by atoms with Gasteiger partial charge in [0.1, 0.15) is 0 Å². The van der Waals surface area contributed by atoms with Crippen LogP contribution in [0.4, 0.5) is 0 Å². The Morgan fingerprint density at radius 1 is 1.25 bits per heavy atom. The van der Waals surface area contributed by atoms with E-state index in [-0.39, 0.29) is 5.91 Å². The summed E-state index contributed by atoms with van der Waals surface area (Å²) in [5.74, 6) is -0.684. The average molecular weight is 270 g/mol. The van der Waals surface area contributed by atoms with Gasteiger partial charge in [-0.2, -0.15) is 5.10 Å². The Hall–Kier alpha value is -2.89. The molecule has 0 saturated carbocycles. The maximum Gasteiger partial charge on any atom is 0.248 e. The number of benzene rings is 1. The molecule has 2 amide bonds. The molecule has 0 aliphatic rings. The number of rotatable bonds is 5. The fraction of sp³-hybridized carbons (Fsp3) is 0.0714. The molecular weight excluding hydrogens is 256 g/mol. The molecule has 0 bridgehead atoms. The van der Waals surface area contributed by atoms with E-state index in [1.165, 1.54) is 6.08 Å². The largest absolute Gasteiger partial charge is 0.366 e. The number of primary amides is 1. The minimum absolute atomic E-state index is 0.210. The summed E-state index contributed by atoms with van der Waals surface area (Å²) in [6.45, 7) is 0.393. The van der Waals surface area contributed by atoms with Crippen LogP contribution in [0.15, 0.2) is 42.6 Å². The zero-order valence-corrected chi connectivity index (χ0v) is 10.7. The minimum Gasteiger partial charge on any atom is -0.366 e. The number of nitrogens with two attached hydrogens (primary N) is 1. The molecule has 2 rings (SSSR count). The molecule has 0 aliphatic carbocycles. The molecular formula is C14H14N4O2. The Bertz CT molecular complexity index is 615. The molecule has 0 aliphatic heterocycles. The van der Waals surface area contributed by atoms with Crippen molar-refractivity contribution < 1.29 is 9.59 Å². The highest BCUT2D eigenvalue weighted by molar-refractivity contribution is 5.94. The van der Waals surface area contributed by atoms with Gasteiger partial charge in [0, 0.05) is 17.8 Å². The van der Waals surface area contributed by atoms with Crippen molar-refractivity contribution in [3.63, 3.8) is 0 Å². The van der Waals surface area contributed by atoms with Gasteiger partial charge in [-0.25, -0.2) is 0 Å². The van der Waals surface area contributed by atoms with Gasteiger partial charge >= 0.3 is 0 Å². The zero-order chi connectivity index (χ0) is 14.4. The average Bonchev–Trinajstić information content (AvgIpc) is 2.96. The molecule has 1 aromatic heterocycles. The Morgan fingerprint density at radius 2 is 2.00 bits per heavy atom. The van der Waals surface area contributed by atoms with Crippen LogP contribution in [-0.2, 0) is 11.3 Å². The molecule has 0 fully saturated rings. The lowest BCUT2D eigenvalue weighted by atomic mass is 10.1. The first kappa shape index (κ1) is 13.5. The summed E-state index contributed by atoms with van der Waals surface area (Å²) in [7, 11) is 0. The summed E-state index contributed by atoms with van der Waals surface area (Å²) in [4.78, 5) is 22.5. The van der Waals surface area contributed by atoms with Crippen molar-refractivity contribution in [3.05, 3.63) is 59.4 Å². The molecule has 0 atom stereocenters. The highest BCUT2D eigenvalue weighted by Gasteiger charge is 1.99. The van der Waals surface area contributed by atoms with Crippen LogP contribution in [0, 0.1) is 0 Å². The van der Waals surface area contributed by atoms with Crippen molar-refractivity contribution in [2.75, 3.05) is 0 Å². The second-order valence-corrected chi connectivity index (χ2v) is 4.12. The van der Waals surface area contributed by atoms with Gasteiger partial charge in [-0.15, -0.1) is 0 Å². The van der Waals surface area contributed by atoms with Gasteiger partial charge < -0.3 is 11.1 Å². The summed E-state index contributed by atoms with van der Waals surface area (Å²) < 4.78 is 0. The van der Waals surface area contributed by atoms with Gasteiger partial charge in [0.25, 0.3) is 0 Å². The highest BCUT2D eigenvalue weighted by Crippen LogP contribution is 2.05. The number of aromatic amines is 1. The van der Waals surface area contributed by atoms with E-state index < -0.39 is 5.91 Å². The Kier molecular flexibility index (Phi) is 4.28. The molecule has 0 saturated heterocycles. The molecule has 20 heavy (non-hydrogen) atoms. The number of hydrogen-bond donors (Lipinski definition) is 3. The maximum absolute atomic E-state index is 11.6. The third-order valence-corrected chi connectivity index (χ3v) is 2.63. The number of nitrogens with one attached hydrogen (secondary N) is 2. The first-order chi connectivity index (χ1) is 9.65. The molecule has 0 unspecified atom stereocenters. The van der Waals surface area contributed by atoms with Crippen LogP contribution >= 0.6 is 0 Å². The van der Waals surface area contributed by atoms with Crippen LogP contribution in [0.3, 0.4) is 0 Å². The van der Waals surface area contributed by atoms with Gasteiger partial charge in [0.05, 0.1) is 12.2 Å². The molecule has 4 N–H and O–H groups in total. The van der Waals surface area contributed by atoms with E-state index in [1.54, 1.807) is 42.6 Å². The second-order valence-electron chi connectivity index (χ2n) is 4.12. The highest BCUT2D eigenvalue weighted by atomic mass is 16.1. The number of aromatic nitrogens is 2. The second kappa shape index (κ2) is 6.33. The fourth-order valence-corrected chi connectivity index (χ4v) is 1.55. The first-order valence-corrected chi connectivity index (χ1v) is 5.99. The molecule has 102 valence electrons. The molecule has 0 spiro atoms. The standard InChI is InChI=1S/C14H14N4O2/c15-14(20)11-4-1-10(2-5-11)3-6-13(19)16-9-12-7-8-17-18-12/h1-8H,9H2,(H2,15,20)(H,16,19)(H,17,18). The topological polar surface area (TPSA) is 101 Å². The quantitative estimate of drug-likeness (QED) is 0.702. The van der Waals surface area contributed by atoms with Gasteiger partial charge in [-0.05, 0) is 29.8 Å². The maximum atomic E-state index is 11.6. The van der Waals surface area contributed by atoms with E-state index in [2.05, 4.69) is 15.5 Å². The van der Waals surface area contributed by atoms with Crippen molar-refractivity contribution in [2.45, 2.75) is 6.54 Å². The first-order valence-electron chi connectivity index (χ1n) is 5.99. The fourth-order valence-electron chi connectivity index (χ4n) is 1.55. The number of nitrogens with zero attached hydrogens (tertiary/aromatic N) is 1. The molecule has 2 aromatic rings.